The Bertz CT molecular complexity index is 220. The van der Waals surface area contributed by atoms with Crippen molar-refractivity contribution in [2.24, 2.45) is 10.8 Å². The zero-order valence-electron chi connectivity index (χ0n) is 12.8. The molecule has 0 heterocycles. The minimum Gasteiger partial charge on any atom is -0.384 e. The predicted octanol–water partition coefficient (Wildman–Crippen LogP) is 3.27. The molecular formula is C15H30O3. The molecule has 18 heavy (non-hydrogen) atoms. The highest BCUT2D eigenvalue weighted by atomic mass is 16.5. The van der Waals surface area contributed by atoms with Crippen LogP contribution >= 0.6 is 0 Å². The van der Waals surface area contributed by atoms with Crippen LogP contribution in [0.5, 0.6) is 0 Å². The van der Waals surface area contributed by atoms with Gasteiger partial charge in [-0.1, -0.05) is 33.6 Å². The molecule has 3 heteroatoms. The molecule has 1 rings (SSSR count). The molecule has 0 aliphatic heterocycles. The van der Waals surface area contributed by atoms with Crippen LogP contribution in [0.3, 0.4) is 0 Å². The van der Waals surface area contributed by atoms with E-state index in [1.54, 1.807) is 14.2 Å². The summed E-state index contributed by atoms with van der Waals surface area (Å²) in [6.45, 7) is 8.80. The Labute approximate surface area is 112 Å². The van der Waals surface area contributed by atoms with Crippen molar-refractivity contribution < 1.29 is 14.2 Å². The number of ether oxygens (including phenoxy) is 3. The number of rotatable bonds is 7. The van der Waals surface area contributed by atoms with Crippen LogP contribution in [-0.2, 0) is 14.2 Å². The molecule has 108 valence electrons. The van der Waals surface area contributed by atoms with Crippen molar-refractivity contribution in [3.63, 3.8) is 0 Å². The zero-order chi connectivity index (χ0) is 13.6. The lowest BCUT2D eigenvalue weighted by molar-refractivity contribution is -0.122. The summed E-state index contributed by atoms with van der Waals surface area (Å²) in [5.74, 6) is 0. The van der Waals surface area contributed by atoms with Gasteiger partial charge in [0.2, 0.25) is 0 Å². The third kappa shape index (κ3) is 3.94. The molecule has 0 bridgehead atoms. The summed E-state index contributed by atoms with van der Waals surface area (Å²) in [5, 5.41) is 0. The fraction of sp³-hybridized carbons (Fsp3) is 1.00. The summed E-state index contributed by atoms with van der Waals surface area (Å²) in [6, 6.07) is 0. The Balaban J connectivity index is 2.67. The normalized spacial score (nSPS) is 18.5. The highest BCUT2D eigenvalue weighted by molar-refractivity contribution is 4.91. The lowest BCUT2D eigenvalue weighted by atomic mass is 9.68. The lowest BCUT2D eigenvalue weighted by Gasteiger charge is -2.44. The third-order valence-electron chi connectivity index (χ3n) is 4.33. The van der Waals surface area contributed by atoms with Crippen LogP contribution in [0.2, 0.25) is 0 Å². The molecule has 0 unspecified atom stereocenters. The topological polar surface area (TPSA) is 27.7 Å². The van der Waals surface area contributed by atoms with Gasteiger partial charge in [0, 0.05) is 19.6 Å². The third-order valence-corrected chi connectivity index (χ3v) is 4.33. The van der Waals surface area contributed by atoms with Crippen LogP contribution in [0.4, 0.5) is 0 Å². The van der Waals surface area contributed by atoms with Gasteiger partial charge in [0.05, 0.1) is 25.9 Å². The Morgan fingerprint density at radius 1 is 0.889 bits per heavy atom. The summed E-state index contributed by atoms with van der Waals surface area (Å²) < 4.78 is 17.0. The molecule has 1 aliphatic carbocycles. The largest absolute Gasteiger partial charge is 0.384 e. The Morgan fingerprint density at radius 3 is 1.78 bits per heavy atom. The average Bonchev–Trinajstić information content (AvgIpc) is 2.77. The van der Waals surface area contributed by atoms with Gasteiger partial charge < -0.3 is 14.2 Å². The van der Waals surface area contributed by atoms with Crippen LogP contribution in [0.1, 0.15) is 46.5 Å². The van der Waals surface area contributed by atoms with Crippen LogP contribution < -0.4 is 0 Å². The molecule has 0 N–H and O–H groups in total. The Kier molecular flexibility index (Phi) is 6.09. The molecule has 0 aromatic heterocycles. The molecule has 1 fully saturated rings. The summed E-state index contributed by atoms with van der Waals surface area (Å²) in [6.07, 6.45) is 5.48. The molecule has 0 saturated heterocycles. The van der Waals surface area contributed by atoms with Gasteiger partial charge in [-0.2, -0.15) is 0 Å². The van der Waals surface area contributed by atoms with E-state index in [0.717, 1.165) is 6.61 Å². The van der Waals surface area contributed by atoms with Crippen molar-refractivity contribution in [2.45, 2.75) is 52.6 Å². The molecule has 0 spiro atoms. The average molecular weight is 258 g/mol. The molecule has 0 atom stereocenters. The van der Waals surface area contributed by atoms with E-state index in [1.165, 1.54) is 25.7 Å². The molecule has 1 aliphatic rings. The van der Waals surface area contributed by atoms with E-state index in [4.69, 9.17) is 14.2 Å². The summed E-state index contributed by atoms with van der Waals surface area (Å²) >= 11 is 0. The fourth-order valence-electron chi connectivity index (χ4n) is 2.66. The van der Waals surface area contributed by atoms with Gasteiger partial charge in [-0.25, -0.2) is 0 Å². The van der Waals surface area contributed by atoms with Crippen LogP contribution in [-0.4, -0.2) is 40.1 Å². The van der Waals surface area contributed by atoms with Gasteiger partial charge in [0.25, 0.3) is 0 Å². The maximum atomic E-state index is 6.14. The SMILES string of the molecule is COCC(COC)(COC1CCCC1)C(C)(C)C. The van der Waals surface area contributed by atoms with Crippen LogP contribution in [0.25, 0.3) is 0 Å². The Morgan fingerprint density at radius 2 is 1.39 bits per heavy atom. The monoisotopic (exact) mass is 258 g/mol. The summed E-state index contributed by atoms with van der Waals surface area (Å²) in [4.78, 5) is 0. The molecular weight excluding hydrogens is 228 g/mol. The molecule has 1 saturated carbocycles. The van der Waals surface area contributed by atoms with Crippen molar-refractivity contribution in [2.75, 3.05) is 34.0 Å². The highest BCUT2D eigenvalue weighted by Gasteiger charge is 2.43. The molecule has 0 aromatic rings. The van der Waals surface area contributed by atoms with E-state index in [9.17, 15) is 0 Å². The highest BCUT2D eigenvalue weighted by Crippen LogP contribution is 2.40. The standard InChI is InChI=1S/C15H30O3/c1-14(2,3)15(10-16-4,11-17-5)12-18-13-8-6-7-9-13/h13H,6-12H2,1-5H3. The van der Waals surface area contributed by atoms with E-state index < -0.39 is 0 Å². The van der Waals surface area contributed by atoms with E-state index in [0.29, 0.717) is 19.3 Å². The zero-order valence-corrected chi connectivity index (χ0v) is 12.8. The first-order valence-corrected chi connectivity index (χ1v) is 7.05. The number of hydrogen-bond donors (Lipinski definition) is 0. The van der Waals surface area contributed by atoms with Crippen molar-refractivity contribution in [3.05, 3.63) is 0 Å². The minimum atomic E-state index is -0.0703. The van der Waals surface area contributed by atoms with Crippen molar-refractivity contribution in [1.82, 2.24) is 0 Å². The van der Waals surface area contributed by atoms with Gasteiger partial charge in [-0.3, -0.25) is 0 Å². The molecule has 0 radical (unpaired) electrons. The van der Waals surface area contributed by atoms with Gasteiger partial charge >= 0.3 is 0 Å². The first-order valence-electron chi connectivity index (χ1n) is 7.05. The van der Waals surface area contributed by atoms with Gasteiger partial charge in [-0.15, -0.1) is 0 Å². The Hall–Kier alpha value is -0.120. The van der Waals surface area contributed by atoms with Gasteiger partial charge in [0.1, 0.15) is 0 Å². The maximum Gasteiger partial charge on any atom is 0.0575 e. The van der Waals surface area contributed by atoms with E-state index in [2.05, 4.69) is 20.8 Å². The second-order valence-corrected chi connectivity index (χ2v) is 6.61. The van der Waals surface area contributed by atoms with Crippen molar-refractivity contribution >= 4 is 0 Å². The lowest BCUT2D eigenvalue weighted by Crippen LogP contribution is -2.48. The molecule has 0 amide bonds. The second kappa shape index (κ2) is 6.88. The van der Waals surface area contributed by atoms with Crippen LogP contribution in [0, 0.1) is 10.8 Å². The molecule has 0 aromatic carbocycles. The second-order valence-electron chi connectivity index (χ2n) is 6.61. The van der Waals surface area contributed by atoms with E-state index in [1.807, 2.05) is 0 Å². The van der Waals surface area contributed by atoms with Gasteiger partial charge in [-0.05, 0) is 18.3 Å². The fourth-order valence-corrected chi connectivity index (χ4v) is 2.66. The molecule has 3 nitrogen and oxygen atoms in total. The van der Waals surface area contributed by atoms with Gasteiger partial charge in [0.15, 0.2) is 0 Å². The first-order chi connectivity index (χ1) is 8.45. The quantitative estimate of drug-likeness (QED) is 0.701. The number of hydrogen-bond acceptors (Lipinski definition) is 3. The van der Waals surface area contributed by atoms with E-state index >= 15 is 0 Å². The van der Waals surface area contributed by atoms with Crippen molar-refractivity contribution in [3.8, 4) is 0 Å². The number of methoxy groups -OCH3 is 2. The van der Waals surface area contributed by atoms with Crippen LogP contribution in [0.15, 0.2) is 0 Å². The first kappa shape index (κ1) is 15.9. The maximum absolute atomic E-state index is 6.14. The summed E-state index contributed by atoms with van der Waals surface area (Å²) in [5.41, 5.74) is 0.0245. The van der Waals surface area contributed by atoms with E-state index in [-0.39, 0.29) is 10.8 Å². The van der Waals surface area contributed by atoms with Crippen molar-refractivity contribution in [1.29, 1.82) is 0 Å². The minimum absolute atomic E-state index is 0.0703. The summed E-state index contributed by atoms with van der Waals surface area (Å²) in [7, 11) is 3.51. The predicted molar refractivity (Wildman–Crippen MR) is 73.8 cm³/mol. The smallest absolute Gasteiger partial charge is 0.0575 e.